The number of hydrogen-bond donors (Lipinski definition) is 2. The Labute approximate surface area is 196 Å². The van der Waals surface area contributed by atoms with Crippen LogP contribution in [0.4, 0.5) is 0 Å². The second kappa shape index (κ2) is 21.6. The van der Waals surface area contributed by atoms with E-state index in [1.54, 1.807) is 0 Å². The van der Waals surface area contributed by atoms with E-state index in [1.165, 1.54) is 83.5 Å². The molecule has 0 fully saturated rings. The first-order valence-corrected chi connectivity index (χ1v) is 11.5. The molecule has 0 aliphatic heterocycles. The van der Waals surface area contributed by atoms with Crippen LogP contribution in [0, 0.1) is 5.92 Å². The van der Waals surface area contributed by atoms with E-state index in [0.29, 0.717) is 6.42 Å². The molecule has 0 spiro atoms. The minimum Gasteiger partial charge on any atom is -0.480 e. The summed E-state index contributed by atoms with van der Waals surface area (Å²) < 4.78 is 0. The average Bonchev–Trinajstić information content (AvgIpc) is 2.62. The Kier molecular flexibility index (Phi) is 23.3. The number of hydrogen-bond acceptors (Lipinski definition) is 2. The van der Waals surface area contributed by atoms with Crippen molar-refractivity contribution in [2.45, 2.75) is 130 Å². The molecule has 0 bridgehead atoms. The molecule has 1 atom stereocenters. The zero-order valence-electron chi connectivity index (χ0n) is 19.2. The maximum absolute atomic E-state index is 11.8. The quantitative estimate of drug-likeness (QED) is 0.201. The van der Waals surface area contributed by atoms with E-state index < -0.39 is 12.0 Å². The van der Waals surface area contributed by atoms with Gasteiger partial charge in [0.2, 0.25) is 5.91 Å². The van der Waals surface area contributed by atoms with E-state index in [9.17, 15) is 9.59 Å². The maximum Gasteiger partial charge on any atom is 0.326 e. The molecular formula is C23H45NNaO3. The first-order valence-electron chi connectivity index (χ1n) is 11.5. The topological polar surface area (TPSA) is 66.4 Å². The van der Waals surface area contributed by atoms with E-state index in [-0.39, 0.29) is 41.4 Å². The van der Waals surface area contributed by atoms with E-state index >= 15 is 0 Å². The molecule has 0 aromatic carbocycles. The minimum absolute atomic E-state index is 0. The summed E-state index contributed by atoms with van der Waals surface area (Å²) in [6.07, 6.45) is 19.9. The molecule has 0 saturated heterocycles. The van der Waals surface area contributed by atoms with Crippen LogP contribution in [-0.4, -0.2) is 52.6 Å². The summed E-state index contributed by atoms with van der Waals surface area (Å²) in [7, 11) is 0. The Morgan fingerprint density at radius 2 is 1.07 bits per heavy atom. The molecule has 161 valence electrons. The Balaban J connectivity index is 0. The second-order valence-corrected chi connectivity index (χ2v) is 8.33. The summed E-state index contributed by atoms with van der Waals surface area (Å²) in [4.78, 5) is 22.9. The zero-order chi connectivity index (χ0) is 20.3. The molecular weight excluding hydrogens is 361 g/mol. The smallest absolute Gasteiger partial charge is 0.326 e. The van der Waals surface area contributed by atoms with Gasteiger partial charge in [-0.1, -0.05) is 111 Å². The molecule has 0 heterocycles. The average molecular weight is 407 g/mol. The fourth-order valence-electron chi connectivity index (χ4n) is 3.42. The predicted molar refractivity (Wildman–Crippen MR) is 120 cm³/mol. The third-order valence-electron chi connectivity index (χ3n) is 5.26. The Hall–Kier alpha value is -0.0600. The van der Waals surface area contributed by atoms with Crippen LogP contribution in [-0.2, 0) is 9.59 Å². The van der Waals surface area contributed by atoms with Crippen LogP contribution in [0.1, 0.15) is 124 Å². The molecule has 0 aliphatic rings. The van der Waals surface area contributed by atoms with Crippen LogP contribution < -0.4 is 5.32 Å². The van der Waals surface area contributed by atoms with Crippen molar-refractivity contribution in [2.75, 3.05) is 0 Å². The molecule has 4 nitrogen and oxygen atoms in total. The number of aliphatic carboxylic acids is 1. The molecule has 2 N–H and O–H groups in total. The first-order chi connectivity index (χ1) is 13.0. The number of rotatable bonds is 19. The van der Waals surface area contributed by atoms with Gasteiger partial charge in [0, 0.05) is 36.0 Å². The van der Waals surface area contributed by atoms with E-state index in [1.807, 2.05) is 13.8 Å². The molecule has 0 unspecified atom stereocenters. The predicted octanol–water partition coefficient (Wildman–Crippen LogP) is 6.09. The molecule has 1 amide bonds. The van der Waals surface area contributed by atoms with Crippen LogP contribution in [0.5, 0.6) is 0 Å². The summed E-state index contributed by atoms with van der Waals surface area (Å²) in [6.45, 7) is 5.89. The monoisotopic (exact) mass is 406 g/mol. The molecule has 0 rings (SSSR count). The van der Waals surface area contributed by atoms with Crippen molar-refractivity contribution in [3.05, 3.63) is 0 Å². The number of carbonyl (C=O) groups is 2. The normalized spacial score (nSPS) is 11.9. The van der Waals surface area contributed by atoms with Crippen molar-refractivity contribution in [2.24, 2.45) is 5.92 Å². The fraction of sp³-hybridized carbons (Fsp3) is 0.913. The van der Waals surface area contributed by atoms with Gasteiger partial charge in [0.25, 0.3) is 0 Å². The Morgan fingerprint density at radius 1 is 0.714 bits per heavy atom. The summed E-state index contributed by atoms with van der Waals surface area (Å²) in [5, 5.41) is 11.7. The van der Waals surface area contributed by atoms with Crippen LogP contribution in [0.25, 0.3) is 0 Å². The summed E-state index contributed by atoms with van der Waals surface area (Å²) >= 11 is 0. The van der Waals surface area contributed by atoms with Crippen molar-refractivity contribution < 1.29 is 14.7 Å². The summed E-state index contributed by atoms with van der Waals surface area (Å²) in [5.41, 5.74) is 0. The maximum atomic E-state index is 11.8. The number of nitrogens with one attached hydrogen (secondary N) is 1. The molecule has 0 aromatic rings. The number of unbranched alkanes of at least 4 members (excludes halogenated alkanes) is 14. The van der Waals surface area contributed by atoms with Gasteiger partial charge >= 0.3 is 5.97 Å². The Morgan fingerprint density at radius 3 is 1.39 bits per heavy atom. The van der Waals surface area contributed by atoms with E-state index in [0.717, 1.165) is 12.8 Å². The van der Waals surface area contributed by atoms with Gasteiger partial charge in [-0.2, -0.15) is 0 Å². The van der Waals surface area contributed by atoms with Crippen molar-refractivity contribution in [1.29, 1.82) is 0 Å². The molecule has 28 heavy (non-hydrogen) atoms. The van der Waals surface area contributed by atoms with Crippen molar-refractivity contribution >= 4 is 41.4 Å². The van der Waals surface area contributed by atoms with Crippen molar-refractivity contribution in [1.82, 2.24) is 5.32 Å². The zero-order valence-corrected chi connectivity index (χ0v) is 21.2. The Bertz CT molecular complexity index is 375. The van der Waals surface area contributed by atoms with Crippen LogP contribution in [0.3, 0.4) is 0 Å². The van der Waals surface area contributed by atoms with Gasteiger partial charge in [0.15, 0.2) is 0 Å². The molecule has 0 aliphatic carbocycles. The van der Waals surface area contributed by atoms with Crippen molar-refractivity contribution in [3.8, 4) is 0 Å². The number of carboxylic acid groups (broad SMARTS) is 1. The first kappa shape index (κ1) is 30.1. The number of carbonyl (C=O) groups excluding carboxylic acids is 1. The minimum atomic E-state index is -0.949. The third-order valence-corrected chi connectivity index (χ3v) is 5.26. The second-order valence-electron chi connectivity index (χ2n) is 8.33. The third kappa shape index (κ3) is 19.3. The largest absolute Gasteiger partial charge is 0.480 e. The van der Waals surface area contributed by atoms with Gasteiger partial charge in [-0.25, -0.2) is 4.79 Å². The van der Waals surface area contributed by atoms with Crippen LogP contribution >= 0.6 is 0 Å². The van der Waals surface area contributed by atoms with Gasteiger partial charge < -0.3 is 10.4 Å². The van der Waals surface area contributed by atoms with E-state index in [4.69, 9.17) is 5.11 Å². The van der Waals surface area contributed by atoms with Gasteiger partial charge in [-0.15, -0.1) is 0 Å². The molecule has 1 radical (unpaired) electrons. The standard InChI is InChI=1S/C23H45NO3.Na/c1-4-5-6-7-8-9-10-11-12-13-14-15-16-17-18-19-21(25)24-22(20(2)3)23(26)27;/h20,22H,4-19H2,1-3H3,(H,24,25)(H,26,27);/t22-;/m0./s1. The summed E-state index contributed by atoms with van der Waals surface area (Å²) in [6, 6.07) is -0.770. The van der Waals surface area contributed by atoms with Gasteiger partial charge in [-0.3, -0.25) is 4.79 Å². The van der Waals surface area contributed by atoms with Crippen molar-refractivity contribution in [3.63, 3.8) is 0 Å². The van der Waals surface area contributed by atoms with Crippen LogP contribution in [0.15, 0.2) is 0 Å². The molecule has 0 aromatic heterocycles. The van der Waals surface area contributed by atoms with E-state index in [2.05, 4.69) is 12.2 Å². The summed E-state index contributed by atoms with van der Waals surface area (Å²) in [5.74, 6) is -1.17. The van der Waals surface area contributed by atoms with Gasteiger partial charge in [0.1, 0.15) is 6.04 Å². The number of amides is 1. The molecule has 5 heteroatoms. The molecule has 0 saturated carbocycles. The number of carboxylic acids is 1. The van der Waals surface area contributed by atoms with Gasteiger partial charge in [0.05, 0.1) is 0 Å². The fourth-order valence-corrected chi connectivity index (χ4v) is 3.42. The van der Waals surface area contributed by atoms with Gasteiger partial charge in [-0.05, 0) is 12.3 Å². The van der Waals surface area contributed by atoms with Crippen LogP contribution in [0.2, 0.25) is 0 Å². The SMILES string of the molecule is CCCCCCCCCCCCCCCCCC(=O)N[C@H](C(=O)O)C(C)C.[Na].